The Morgan fingerprint density at radius 1 is 0.963 bits per heavy atom. The number of pyridine rings is 1. The van der Waals surface area contributed by atoms with Gasteiger partial charge in [-0.1, -0.05) is 48.9 Å². The molecule has 5 nitrogen and oxygen atoms in total. The molecule has 0 amide bonds. The fourth-order valence-corrected chi connectivity index (χ4v) is 3.69. The van der Waals surface area contributed by atoms with Crippen molar-refractivity contribution in [2.45, 2.75) is 31.7 Å². The van der Waals surface area contributed by atoms with Gasteiger partial charge in [0.05, 0.1) is 16.8 Å². The molecule has 0 fully saturated rings. The number of rotatable bonds is 7. The molecule has 0 saturated heterocycles. The third kappa shape index (κ3) is 5.08. The van der Waals surface area contributed by atoms with E-state index in [1.54, 1.807) is 30.5 Å². The van der Waals surface area contributed by atoms with Gasteiger partial charge in [0, 0.05) is 6.54 Å². The first-order valence-corrected chi connectivity index (χ1v) is 10.3. The molecule has 0 aliphatic rings. The fourth-order valence-electron chi connectivity index (χ4n) is 2.69. The highest BCUT2D eigenvalue weighted by Gasteiger charge is 2.14. The van der Waals surface area contributed by atoms with Crippen LogP contribution in [0.5, 0.6) is 0 Å². The van der Waals surface area contributed by atoms with Gasteiger partial charge < -0.3 is 5.32 Å². The average Bonchev–Trinajstić information content (AvgIpc) is 2.67. The van der Waals surface area contributed by atoms with Gasteiger partial charge in [-0.25, -0.2) is 13.4 Å². The third-order valence-corrected chi connectivity index (χ3v) is 5.59. The van der Waals surface area contributed by atoms with Crippen LogP contribution in [0, 0.1) is 6.92 Å². The minimum Gasteiger partial charge on any atom is -0.380 e. The van der Waals surface area contributed by atoms with E-state index in [-0.39, 0.29) is 10.7 Å². The van der Waals surface area contributed by atoms with E-state index in [0.29, 0.717) is 6.54 Å². The highest BCUT2D eigenvalue weighted by Crippen LogP contribution is 2.17. The van der Waals surface area contributed by atoms with Crippen LogP contribution in [0.2, 0.25) is 0 Å². The van der Waals surface area contributed by atoms with E-state index in [1.165, 1.54) is 11.1 Å². The van der Waals surface area contributed by atoms with Crippen LogP contribution in [-0.2, 0) is 23.0 Å². The van der Waals surface area contributed by atoms with Crippen molar-refractivity contribution < 1.29 is 8.42 Å². The number of aryl methyl sites for hydroxylation is 2. The minimum absolute atomic E-state index is 0.225. The molecule has 0 aliphatic carbocycles. The topological polar surface area (TPSA) is 71.1 Å². The van der Waals surface area contributed by atoms with Crippen LogP contribution in [0.4, 0.5) is 11.5 Å². The van der Waals surface area contributed by atoms with Gasteiger partial charge in [0.1, 0.15) is 5.82 Å². The number of anilines is 2. The van der Waals surface area contributed by atoms with Crippen LogP contribution in [-0.4, -0.2) is 13.4 Å². The summed E-state index contributed by atoms with van der Waals surface area (Å²) in [6, 6.07) is 18.6. The van der Waals surface area contributed by atoms with Crippen LogP contribution in [0.1, 0.15) is 23.6 Å². The minimum atomic E-state index is -3.64. The van der Waals surface area contributed by atoms with Gasteiger partial charge in [0.15, 0.2) is 0 Å². The second-order valence-corrected chi connectivity index (χ2v) is 8.06. The Balaban J connectivity index is 1.64. The van der Waals surface area contributed by atoms with E-state index in [2.05, 4.69) is 40.1 Å². The Hall–Kier alpha value is -2.86. The van der Waals surface area contributed by atoms with E-state index in [0.717, 1.165) is 17.7 Å². The number of nitrogens with one attached hydrogen (secondary N) is 2. The summed E-state index contributed by atoms with van der Waals surface area (Å²) in [5.41, 5.74) is 4.31. The highest BCUT2D eigenvalue weighted by atomic mass is 32.2. The van der Waals surface area contributed by atoms with Crippen LogP contribution >= 0.6 is 0 Å². The number of nitrogens with zero attached hydrogens (tertiary/aromatic N) is 1. The number of sulfonamides is 1. The summed E-state index contributed by atoms with van der Waals surface area (Å²) in [5.74, 6) is 0.288. The highest BCUT2D eigenvalue weighted by molar-refractivity contribution is 7.92. The van der Waals surface area contributed by atoms with Crippen molar-refractivity contribution in [3.8, 4) is 0 Å². The molecule has 6 heteroatoms. The number of hydrogen-bond acceptors (Lipinski definition) is 4. The summed E-state index contributed by atoms with van der Waals surface area (Å²) in [7, 11) is -3.64. The van der Waals surface area contributed by atoms with Crippen LogP contribution in [0.3, 0.4) is 0 Å². The zero-order valence-electron chi connectivity index (χ0n) is 15.4. The van der Waals surface area contributed by atoms with Crippen LogP contribution < -0.4 is 10.0 Å². The monoisotopic (exact) mass is 381 g/mol. The molecule has 0 radical (unpaired) electrons. The molecule has 27 heavy (non-hydrogen) atoms. The van der Waals surface area contributed by atoms with Gasteiger partial charge in [0.2, 0.25) is 0 Å². The molecule has 0 atom stereocenters. The molecule has 0 aliphatic heterocycles. The Bertz CT molecular complexity index is 998. The first-order chi connectivity index (χ1) is 13.0. The molecule has 2 aromatic carbocycles. The zero-order valence-corrected chi connectivity index (χ0v) is 16.3. The second-order valence-electron chi connectivity index (χ2n) is 6.38. The smallest absolute Gasteiger partial charge is 0.263 e. The van der Waals surface area contributed by atoms with Crippen LogP contribution in [0.15, 0.2) is 71.8 Å². The molecule has 3 rings (SSSR count). The van der Waals surface area contributed by atoms with Gasteiger partial charge >= 0.3 is 0 Å². The van der Waals surface area contributed by atoms with E-state index in [4.69, 9.17) is 0 Å². The summed E-state index contributed by atoms with van der Waals surface area (Å²) in [6.07, 6.45) is 2.49. The lowest BCUT2D eigenvalue weighted by Crippen LogP contribution is -2.14. The molecular formula is C21H23N3O2S. The average molecular weight is 382 g/mol. The van der Waals surface area contributed by atoms with E-state index in [1.807, 2.05) is 25.1 Å². The molecule has 3 aromatic rings. The summed E-state index contributed by atoms with van der Waals surface area (Å²) in [5, 5.41) is 3.28. The second kappa shape index (κ2) is 8.22. The largest absolute Gasteiger partial charge is 0.380 e. The Morgan fingerprint density at radius 3 is 2.37 bits per heavy atom. The SMILES string of the molecule is CCc1ccc(S(=O)(=O)Nc2ccc(NCc3cccc(C)c3)cn2)cc1. The van der Waals surface area contributed by atoms with Gasteiger partial charge in [0.25, 0.3) is 10.0 Å². The maximum atomic E-state index is 12.5. The van der Waals surface area contributed by atoms with Gasteiger partial charge in [-0.15, -0.1) is 0 Å². The van der Waals surface area contributed by atoms with Crippen LogP contribution in [0.25, 0.3) is 0 Å². The van der Waals surface area contributed by atoms with E-state index in [9.17, 15) is 8.42 Å². The molecule has 140 valence electrons. The van der Waals surface area contributed by atoms with Crippen molar-refractivity contribution in [1.29, 1.82) is 0 Å². The normalized spacial score (nSPS) is 11.2. The molecule has 0 saturated carbocycles. The van der Waals surface area contributed by atoms with Crippen molar-refractivity contribution in [3.63, 3.8) is 0 Å². The van der Waals surface area contributed by atoms with Crippen molar-refractivity contribution >= 4 is 21.5 Å². The quantitative estimate of drug-likeness (QED) is 0.638. The first-order valence-electron chi connectivity index (χ1n) is 8.83. The van der Waals surface area contributed by atoms with Crippen molar-refractivity contribution in [3.05, 3.63) is 83.6 Å². The summed E-state index contributed by atoms with van der Waals surface area (Å²) < 4.78 is 27.4. The number of aromatic nitrogens is 1. The van der Waals surface area contributed by atoms with Crippen molar-refractivity contribution in [1.82, 2.24) is 4.98 Å². The Morgan fingerprint density at radius 2 is 1.74 bits per heavy atom. The lowest BCUT2D eigenvalue weighted by molar-refractivity contribution is 0.601. The summed E-state index contributed by atoms with van der Waals surface area (Å²) in [6.45, 7) is 4.76. The molecule has 1 heterocycles. The molecular weight excluding hydrogens is 358 g/mol. The van der Waals surface area contributed by atoms with E-state index >= 15 is 0 Å². The molecule has 2 N–H and O–H groups in total. The predicted molar refractivity (Wildman–Crippen MR) is 109 cm³/mol. The Labute approximate surface area is 160 Å². The molecule has 0 unspecified atom stereocenters. The number of benzene rings is 2. The summed E-state index contributed by atoms with van der Waals surface area (Å²) >= 11 is 0. The molecule has 0 bridgehead atoms. The zero-order chi connectivity index (χ0) is 19.3. The van der Waals surface area contributed by atoms with Crippen molar-refractivity contribution in [2.75, 3.05) is 10.0 Å². The lowest BCUT2D eigenvalue weighted by Gasteiger charge is -2.10. The maximum absolute atomic E-state index is 12.5. The first kappa shape index (κ1) is 18.9. The van der Waals surface area contributed by atoms with E-state index < -0.39 is 10.0 Å². The number of hydrogen-bond donors (Lipinski definition) is 2. The standard InChI is InChI=1S/C21H23N3O2S/c1-3-17-7-10-20(11-8-17)27(25,26)24-21-12-9-19(15-23-21)22-14-18-6-4-5-16(2)13-18/h4-13,15,22H,3,14H2,1-2H3,(H,23,24). The molecule has 0 spiro atoms. The lowest BCUT2D eigenvalue weighted by atomic mass is 10.1. The summed E-state index contributed by atoms with van der Waals surface area (Å²) in [4.78, 5) is 4.43. The van der Waals surface area contributed by atoms with Gasteiger partial charge in [-0.2, -0.15) is 0 Å². The Kier molecular flexibility index (Phi) is 5.76. The molecule has 1 aromatic heterocycles. The van der Waals surface area contributed by atoms with Gasteiger partial charge in [-0.3, -0.25) is 4.72 Å². The predicted octanol–water partition coefficient (Wildman–Crippen LogP) is 4.37. The van der Waals surface area contributed by atoms with Crippen molar-refractivity contribution in [2.24, 2.45) is 0 Å². The third-order valence-electron chi connectivity index (χ3n) is 4.22. The maximum Gasteiger partial charge on any atom is 0.263 e. The van der Waals surface area contributed by atoms with Gasteiger partial charge in [-0.05, 0) is 48.7 Å². The fraction of sp³-hybridized carbons (Fsp3) is 0.190.